The summed E-state index contributed by atoms with van der Waals surface area (Å²) in [7, 11) is 0. The number of carbonyl (C=O) groups is 3. The number of aromatic nitrogens is 2. The van der Waals surface area contributed by atoms with Crippen molar-refractivity contribution < 1.29 is 33.9 Å². The van der Waals surface area contributed by atoms with Gasteiger partial charge in [0, 0.05) is 6.92 Å². The highest BCUT2D eigenvalue weighted by molar-refractivity contribution is 5.84. The van der Waals surface area contributed by atoms with Gasteiger partial charge in [-0.1, -0.05) is 24.9 Å². The number of hydrogen-bond acceptors (Lipinski definition) is 10. The first-order valence-electron chi connectivity index (χ1n) is 9.46. The Bertz CT molecular complexity index is 648. The second kappa shape index (κ2) is 15.1. The molecular weight excluding hydrogens is 400 g/mol. The molecule has 13 nitrogen and oxygen atoms in total. The summed E-state index contributed by atoms with van der Waals surface area (Å²) in [5, 5.41) is 26.9. The number of primary amides is 1. The molecule has 8 N–H and O–H groups in total. The van der Waals surface area contributed by atoms with Crippen LogP contribution in [-0.2, 0) is 20.9 Å². The lowest BCUT2D eigenvalue weighted by Gasteiger charge is -2.20. The number of esters is 1. The van der Waals surface area contributed by atoms with Crippen molar-refractivity contribution in [3.05, 3.63) is 11.7 Å². The van der Waals surface area contributed by atoms with E-state index < -0.39 is 30.2 Å². The normalized spacial score (nSPS) is 13.3. The maximum Gasteiger partial charge on any atom is 0.331 e. The van der Waals surface area contributed by atoms with E-state index in [9.17, 15) is 19.5 Å². The van der Waals surface area contributed by atoms with Crippen LogP contribution in [0.2, 0.25) is 0 Å². The zero-order valence-electron chi connectivity index (χ0n) is 17.5. The van der Waals surface area contributed by atoms with Crippen molar-refractivity contribution in [2.24, 2.45) is 11.5 Å². The molecule has 3 amide bonds. The van der Waals surface area contributed by atoms with Crippen LogP contribution in [0.25, 0.3) is 0 Å². The minimum Gasteiger partial charge on any atom is -0.464 e. The molecule has 172 valence electrons. The van der Waals surface area contributed by atoms with E-state index in [4.69, 9.17) is 20.1 Å². The fourth-order valence-electron chi connectivity index (χ4n) is 1.91. The SMILES string of the molecule is CC(N)=O.CCCCCOC(=O)C(NC(=O)NCc1nc(C(N)CO)no1)C(C)O. The Morgan fingerprint density at radius 1 is 1.30 bits per heavy atom. The first kappa shape index (κ1) is 27.2. The predicted octanol–water partition coefficient (Wildman–Crippen LogP) is -1.16. The molecule has 1 heterocycles. The lowest BCUT2D eigenvalue weighted by molar-refractivity contribution is -0.148. The van der Waals surface area contributed by atoms with Gasteiger partial charge >= 0.3 is 12.0 Å². The van der Waals surface area contributed by atoms with Crippen molar-refractivity contribution in [3.8, 4) is 0 Å². The lowest BCUT2D eigenvalue weighted by atomic mass is 10.2. The minimum absolute atomic E-state index is 0.0785. The molecule has 1 aromatic heterocycles. The Balaban J connectivity index is 0.00000192. The highest BCUT2D eigenvalue weighted by Crippen LogP contribution is 2.05. The van der Waals surface area contributed by atoms with Gasteiger partial charge in [-0.3, -0.25) is 4.79 Å². The molecule has 0 aliphatic heterocycles. The summed E-state index contributed by atoms with van der Waals surface area (Å²) < 4.78 is 9.93. The van der Waals surface area contributed by atoms with E-state index >= 15 is 0 Å². The zero-order valence-corrected chi connectivity index (χ0v) is 17.5. The molecule has 0 saturated heterocycles. The fourth-order valence-corrected chi connectivity index (χ4v) is 1.91. The number of aliphatic hydroxyl groups excluding tert-OH is 2. The summed E-state index contributed by atoms with van der Waals surface area (Å²) in [5.41, 5.74) is 10.0. The van der Waals surface area contributed by atoms with Crippen molar-refractivity contribution >= 4 is 17.9 Å². The van der Waals surface area contributed by atoms with Gasteiger partial charge in [-0.25, -0.2) is 9.59 Å². The smallest absolute Gasteiger partial charge is 0.331 e. The molecular formula is C17H32N6O7. The van der Waals surface area contributed by atoms with Crippen molar-refractivity contribution in [1.82, 2.24) is 20.8 Å². The number of nitrogens with zero attached hydrogens (tertiary/aromatic N) is 2. The van der Waals surface area contributed by atoms with Crippen LogP contribution in [0.4, 0.5) is 4.79 Å². The molecule has 0 aliphatic rings. The highest BCUT2D eigenvalue weighted by atomic mass is 16.5. The van der Waals surface area contributed by atoms with Crippen molar-refractivity contribution in [3.63, 3.8) is 0 Å². The Morgan fingerprint density at radius 3 is 2.47 bits per heavy atom. The number of rotatable bonds is 11. The van der Waals surface area contributed by atoms with Crippen LogP contribution in [0.5, 0.6) is 0 Å². The molecule has 0 bridgehead atoms. The highest BCUT2D eigenvalue weighted by Gasteiger charge is 2.27. The molecule has 0 aliphatic carbocycles. The summed E-state index contributed by atoms with van der Waals surface area (Å²) in [6, 6.07) is -2.69. The first-order valence-corrected chi connectivity index (χ1v) is 9.46. The number of carbonyl (C=O) groups excluding carboxylic acids is 3. The molecule has 0 fully saturated rings. The van der Waals surface area contributed by atoms with E-state index in [0.717, 1.165) is 19.3 Å². The van der Waals surface area contributed by atoms with Crippen molar-refractivity contribution in [2.45, 2.75) is 64.8 Å². The summed E-state index contributed by atoms with van der Waals surface area (Å²) in [5.74, 6) is -0.850. The monoisotopic (exact) mass is 432 g/mol. The van der Waals surface area contributed by atoms with Gasteiger partial charge in [-0.05, 0) is 13.3 Å². The Labute approximate surface area is 174 Å². The third-order valence-electron chi connectivity index (χ3n) is 3.43. The standard InChI is InChI=1S/C15H27N5O6.C2H5NO/c1-3-4-5-6-25-14(23)12(9(2)22)19-15(24)17-7-11-18-13(20-26-11)10(16)8-21;1-2(3)4/h9-10,12,21-22H,3-8,16H2,1-2H3,(H2,17,19,24);1H3,(H2,3,4). The second-order valence-corrected chi connectivity index (χ2v) is 6.37. The predicted molar refractivity (Wildman–Crippen MR) is 105 cm³/mol. The van der Waals surface area contributed by atoms with Gasteiger partial charge in [0.1, 0.15) is 0 Å². The molecule has 30 heavy (non-hydrogen) atoms. The minimum atomic E-state index is -1.20. The van der Waals surface area contributed by atoms with Gasteiger partial charge in [0.2, 0.25) is 11.8 Å². The van der Waals surface area contributed by atoms with Crippen LogP contribution in [0.15, 0.2) is 4.52 Å². The van der Waals surface area contributed by atoms with E-state index in [1.807, 2.05) is 6.92 Å². The third kappa shape index (κ3) is 11.9. The molecule has 1 aromatic rings. The maximum absolute atomic E-state index is 12.0. The first-order chi connectivity index (χ1) is 14.1. The largest absolute Gasteiger partial charge is 0.464 e. The van der Waals surface area contributed by atoms with Crippen LogP contribution in [0.3, 0.4) is 0 Å². The third-order valence-corrected chi connectivity index (χ3v) is 3.43. The average Bonchev–Trinajstić information content (AvgIpc) is 3.15. The molecule has 0 aromatic carbocycles. The van der Waals surface area contributed by atoms with E-state index in [-0.39, 0.29) is 37.4 Å². The topological polar surface area (TPSA) is 216 Å². The molecule has 0 radical (unpaired) electrons. The van der Waals surface area contributed by atoms with Crippen LogP contribution in [0.1, 0.15) is 57.8 Å². The summed E-state index contributed by atoms with van der Waals surface area (Å²) in [6.45, 7) is 4.47. The van der Waals surface area contributed by atoms with E-state index in [1.54, 1.807) is 0 Å². The van der Waals surface area contributed by atoms with Crippen molar-refractivity contribution in [2.75, 3.05) is 13.2 Å². The fraction of sp³-hybridized carbons (Fsp3) is 0.706. The van der Waals surface area contributed by atoms with Crippen LogP contribution < -0.4 is 22.1 Å². The number of aliphatic hydroxyl groups is 2. The number of hydrogen-bond donors (Lipinski definition) is 6. The van der Waals surface area contributed by atoms with E-state index in [0.29, 0.717) is 0 Å². The molecule has 3 atom stereocenters. The molecule has 1 rings (SSSR count). The average molecular weight is 432 g/mol. The Hall–Kier alpha value is -2.77. The summed E-state index contributed by atoms with van der Waals surface area (Å²) in [6.07, 6.45) is 1.50. The second-order valence-electron chi connectivity index (χ2n) is 6.37. The Kier molecular flexibility index (Phi) is 13.7. The van der Waals surface area contributed by atoms with Gasteiger partial charge in [-0.2, -0.15) is 4.98 Å². The maximum atomic E-state index is 12.0. The molecule has 13 heteroatoms. The number of nitrogens with one attached hydrogen (secondary N) is 2. The van der Waals surface area contributed by atoms with Gasteiger partial charge in [-0.15, -0.1) is 0 Å². The zero-order chi connectivity index (χ0) is 23.1. The van der Waals surface area contributed by atoms with Gasteiger partial charge in [0.25, 0.3) is 0 Å². The number of amides is 3. The molecule has 0 spiro atoms. The van der Waals surface area contributed by atoms with E-state index in [1.165, 1.54) is 13.8 Å². The van der Waals surface area contributed by atoms with Crippen LogP contribution in [-0.4, -0.2) is 63.6 Å². The summed E-state index contributed by atoms with van der Waals surface area (Å²) >= 11 is 0. The quantitative estimate of drug-likeness (QED) is 0.182. The van der Waals surface area contributed by atoms with E-state index in [2.05, 4.69) is 26.5 Å². The van der Waals surface area contributed by atoms with Crippen molar-refractivity contribution in [1.29, 1.82) is 0 Å². The lowest BCUT2D eigenvalue weighted by Crippen LogP contribution is -2.51. The van der Waals surface area contributed by atoms with Gasteiger partial charge in [0.15, 0.2) is 11.9 Å². The number of ether oxygens (including phenoxy) is 1. The molecule has 3 unspecified atom stereocenters. The van der Waals surface area contributed by atoms with Crippen LogP contribution in [0, 0.1) is 0 Å². The number of urea groups is 1. The number of nitrogens with two attached hydrogens (primary N) is 2. The van der Waals surface area contributed by atoms with Gasteiger partial charge < -0.3 is 41.6 Å². The molecule has 0 saturated carbocycles. The van der Waals surface area contributed by atoms with Gasteiger partial charge in [0.05, 0.1) is 31.9 Å². The summed E-state index contributed by atoms with van der Waals surface area (Å²) in [4.78, 5) is 37.0. The Morgan fingerprint density at radius 2 is 1.93 bits per heavy atom. The van der Waals surface area contributed by atoms with Crippen LogP contribution >= 0.6 is 0 Å². The number of unbranched alkanes of at least 4 members (excludes halogenated alkanes) is 2.